The zero-order chi connectivity index (χ0) is 35.6. The lowest BCUT2D eigenvalue weighted by atomic mass is 9.81. The van der Waals surface area contributed by atoms with Gasteiger partial charge in [0.1, 0.15) is 0 Å². The summed E-state index contributed by atoms with van der Waals surface area (Å²) in [6.45, 7) is 21.1. The second-order valence-corrected chi connectivity index (χ2v) is 17.3. The lowest BCUT2D eigenvalue weighted by Gasteiger charge is -2.44. The molecule has 0 bridgehead atoms. The third-order valence-corrected chi connectivity index (χ3v) is 14.1. The van der Waals surface area contributed by atoms with Crippen molar-refractivity contribution in [2.45, 2.75) is 106 Å². The first kappa shape index (κ1) is 32.6. The second-order valence-electron chi connectivity index (χ2n) is 17.3. The molecule has 0 amide bonds. The number of hydrogen-bond acceptors (Lipinski definition) is 2. The summed E-state index contributed by atoms with van der Waals surface area (Å²) in [7, 11) is 0. The van der Waals surface area contributed by atoms with E-state index in [1.807, 2.05) is 0 Å². The third kappa shape index (κ3) is 4.88. The van der Waals surface area contributed by atoms with Gasteiger partial charge in [0.2, 0.25) is 0 Å². The van der Waals surface area contributed by atoms with Gasteiger partial charge in [0.15, 0.2) is 0 Å². The molecule has 4 aromatic rings. The normalized spacial score (nSPS) is 27.4. The Hall–Kier alpha value is -4.30. The maximum atomic E-state index is 2.77. The van der Waals surface area contributed by atoms with Crippen molar-refractivity contribution < 1.29 is 0 Å². The van der Waals surface area contributed by atoms with Crippen LogP contribution in [0.1, 0.15) is 99.7 Å². The standard InChI is InChI=1S/C49H54N2/c1-29-10-17-38(24-32(29)4)50(39-18-11-30(2)33(5)25-39)44-22-15-36-14-21-42-45(23-16-37-13-20-41(44)46(36)47(37)42)51(40-19-12-31(3)34(6)26-40)48(8)27-43-35(7)49(43,9)28-48/h10,12-15,17-21,24-27,30,35,44H,11,16,22-23,28H2,1-9H3/t30-,35+,44?,48-,49?/m0/s1. The summed E-state index contributed by atoms with van der Waals surface area (Å²) in [5.74, 6) is 1.29. The van der Waals surface area contributed by atoms with E-state index in [1.165, 1.54) is 89.4 Å². The fourth-order valence-electron chi connectivity index (χ4n) is 10.4. The van der Waals surface area contributed by atoms with Gasteiger partial charge in [-0.05, 0) is 171 Å². The van der Waals surface area contributed by atoms with E-state index in [9.17, 15) is 0 Å². The molecule has 5 atom stereocenters. The van der Waals surface area contributed by atoms with Gasteiger partial charge in [0, 0.05) is 28.0 Å². The van der Waals surface area contributed by atoms with Gasteiger partial charge in [-0.3, -0.25) is 0 Å². The summed E-state index contributed by atoms with van der Waals surface area (Å²) < 4.78 is 0. The number of aryl methyl sites for hydroxylation is 5. The van der Waals surface area contributed by atoms with Gasteiger partial charge >= 0.3 is 0 Å². The monoisotopic (exact) mass is 670 g/mol. The Morgan fingerprint density at radius 1 is 0.706 bits per heavy atom. The van der Waals surface area contributed by atoms with E-state index in [-0.39, 0.29) is 11.6 Å². The van der Waals surface area contributed by atoms with Crippen molar-refractivity contribution in [2.75, 3.05) is 9.80 Å². The van der Waals surface area contributed by atoms with Crippen molar-refractivity contribution in [1.82, 2.24) is 0 Å². The Bertz CT molecular complexity index is 2380. The van der Waals surface area contributed by atoms with Crippen LogP contribution in [0.2, 0.25) is 0 Å². The molecule has 1 saturated carbocycles. The van der Waals surface area contributed by atoms with Crippen molar-refractivity contribution in [1.29, 1.82) is 0 Å². The minimum Gasteiger partial charge on any atom is -0.335 e. The highest BCUT2D eigenvalue weighted by atomic mass is 15.2. The summed E-state index contributed by atoms with van der Waals surface area (Å²) in [6, 6.07) is 24.3. The zero-order valence-corrected chi connectivity index (χ0v) is 32.2. The van der Waals surface area contributed by atoms with Crippen LogP contribution in [0, 0.1) is 44.9 Å². The minimum atomic E-state index is -0.0612. The second kappa shape index (κ2) is 11.3. The van der Waals surface area contributed by atoms with Crippen LogP contribution in [0.4, 0.5) is 11.4 Å². The fourth-order valence-corrected chi connectivity index (χ4v) is 10.4. The predicted octanol–water partition coefficient (Wildman–Crippen LogP) is 11.0. The molecule has 0 radical (unpaired) electrons. The van der Waals surface area contributed by atoms with Gasteiger partial charge in [-0.15, -0.1) is 0 Å². The van der Waals surface area contributed by atoms with E-state index >= 15 is 0 Å². The molecule has 0 aromatic heterocycles. The van der Waals surface area contributed by atoms with Crippen molar-refractivity contribution in [3.63, 3.8) is 0 Å². The zero-order valence-electron chi connectivity index (χ0n) is 32.2. The third-order valence-electron chi connectivity index (χ3n) is 14.1. The molecule has 0 saturated heterocycles. The predicted molar refractivity (Wildman–Crippen MR) is 218 cm³/mol. The molecular weight excluding hydrogens is 617 g/mol. The first-order chi connectivity index (χ1) is 24.4. The van der Waals surface area contributed by atoms with Gasteiger partial charge in [-0.25, -0.2) is 0 Å². The van der Waals surface area contributed by atoms with Gasteiger partial charge in [-0.1, -0.05) is 86.5 Å². The average Bonchev–Trinajstić information content (AvgIpc) is 3.43. The Morgan fingerprint density at radius 3 is 2.12 bits per heavy atom. The Labute approximate surface area is 305 Å². The van der Waals surface area contributed by atoms with Crippen LogP contribution in [0.15, 0.2) is 95.7 Å². The molecule has 0 heterocycles. The molecule has 0 aliphatic heterocycles. The van der Waals surface area contributed by atoms with E-state index in [4.69, 9.17) is 0 Å². The highest BCUT2D eigenvalue weighted by Gasteiger charge is 2.62. The van der Waals surface area contributed by atoms with Crippen LogP contribution in [-0.2, 0) is 6.42 Å². The highest BCUT2D eigenvalue weighted by molar-refractivity contribution is 5.95. The van der Waals surface area contributed by atoms with Gasteiger partial charge in [0.05, 0.1) is 11.6 Å². The molecule has 5 aliphatic carbocycles. The molecule has 4 aromatic carbocycles. The van der Waals surface area contributed by atoms with Crippen molar-refractivity contribution in [2.24, 2.45) is 17.3 Å². The van der Waals surface area contributed by atoms with Crippen LogP contribution in [0.25, 0.3) is 22.5 Å². The van der Waals surface area contributed by atoms with Crippen molar-refractivity contribution in [3.05, 3.63) is 140 Å². The van der Waals surface area contributed by atoms with Crippen LogP contribution in [0.5, 0.6) is 0 Å². The maximum absolute atomic E-state index is 2.77. The smallest absolute Gasteiger partial charge is 0.0632 e. The lowest BCUT2D eigenvalue weighted by Crippen LogP contribution is -2.47. The van der Waals surface area contributed by atoms with Crippen molar-refractivity contribution in [3.8, 4) is 0 Å². The molecule has 51 heavy (non-hydrogen) atoms. The molecule has 9 rings (SSSR count). The Balaban J connectivity index is 1.27. The SMILES string of the molecule is CC1=CC(N(c2ccc(C)c(C)c2)C2CC=c3ccc4c5c(ccc2c35)CCC=4N(c2ccc(C)c(C)c2)[C@@]2(C)C=C3[C@@H](C)C3(C)C2)=CC[C@@H]1C. The largest absolute Gasteiger partial charge is 0.335 e. The molecular formula is C49H54N2. The van der Waals surface area contributed by atoms with Crippen LogP contribution >= 0.6 is 0 Å². The number of fused-ring (bicyclic) bond motifs is 1. The number of benzene rings is 4. The summed E-state index contributed by atoms with van der Waals surface area (Å²) in [6.07, 6.45) is 15.5. The fraction of sp³-hybridized carbons (Fsp3) is 0.388. The quantitative estimate of drug-likeness (QED) is 0.188. The maximum Gasteiger partial charge on any atom is 0.0632 e. The number of nitrogens with zero attached hydrogens (tertiary/aromatic N) is 2. The van der Waals surface area contributed by atoms with E-state index in [0.29, 0.717) is 17.3 Å². The van der Waals surface area contributed by atoms with E-state index < -0.39 is 0 Å². The van der Waals surface area contributed by atoms with Gasteiger partial charge in [-0.2, -0.15) is 0 Å². The van der Waals surface area contributed by atoms with Gasteiger partial charge in [0.25, 0.3) is 0 Å². The molecule has 2 nitrogen and oxygen atoms in total. The van der Waals surface area contributed by atoms with Crippen LogP contribution in [-0.4, -0.2) is 5.54 Å². The minimum absolute atomic E-state index is 0.0612. The summed E-state index contributed by atoms with van der Waals surface area (Å²) in [5.41, 5.74) is 17.2. The first-order valence-corrected chi connectivity index (χ1v) is 19.5. The Morgan fingerprint density at radius 2 is 1.43 bits per heavy atom. The molecule has 260 valence electrons. The topological polar surface area (TPSA) is 6.48 Å². The first-order valence-electron chi connectivity index (χ1n) is 19.5. The summed E-state index contributed by atoms with van der Waals surface area (Å²) in [4.78, 5) is 5.44. The molecule has 1 fully saturated rings. The number of anilines is 2. The molecule has 2 unspecified atom stereocenters. The number of allylic oxidation sites excluding steroid dienone is 4. The average molecular weight is 671 g/mol. The molecule has 2 heteroatoms. The van der Waals surface area contributed by atoms with E-state index in [0.717, 1.165) is 25.7 Å². The van der Waals surface area contributed by atoms with Crippen LogP contribution < -0.4 is 20.2 Å². The van der Waals surface area contributed by atoms with E-state index in [1.54, 1.807) is 5.57 Å². The lowest BCUT2D eigenvalue weighted by molar-refractivity contribution is 0.395. The van der Waals surface area contributed by atoms with E-state index in [2.05, 4.69) is 157 Å². The molecule has 5 aliphatic rings. The summed E-state index contributed by atoms with van der Waals surface area (Å²) in [5, 5.41) is 5.78. The van der Waals surface area contributed by atoms with Crippen LogP contribution in [0.3, 0.4) is 0 Å². The van der Waals surface area contributed by atoms with Gasteiger partial charge < -0.3 is 9.80 Å². The molecule has 0 N–H and O–H groups in total. The highest BCUT2D eigenvalue weighted by Crippen LogP contribution is 2.68. The number of rotatable bonds is 6. The number of hydrogen-bond donors (Lipinski definition) is 0. The Kier molecular flexibility index (Phi) is 7.25. The summed E-state index contributed by atoms with van der Waals surface area (Å²) >= 11 is 0. The molecule has 0 spiro atoms. The van der Waals surface area contributed by atoms with Crippen molar-refractivity contribution >= 4 is 33.9 Å².